The number of hydrogen-bond donors (Lipinski definition) is 0. The lowest BCUT2D eigenvalue weighted by Crippen LogP contribution is -2.36. The first-order valence-electron chi connectivity index (χ1n) is 8.03. The molecule has 6 heteroatoms. The molecule has 1 aromatic carbocycles. The second-order valence-corrected chi connectivity index (χ2v) is 7.45. The van der Waals surface area contributed by atoms with E-state index in [0.717, 1.165) is 34.6 Å². The third-order valence-electron chi connectivity index (χ3n) is 4.82. The van der Waals surface area contributed by atoms with E-state index in [9.17, 15) is 9.59 Å². The van der Waals surface area contributed by atoms with Crippen LogP contribution in [0.1, 0.15) is 30.3 Å². The summed E-state index contributed by atoms with van der Waals surface area (Å²) in [6.07, 6.45) is 2.31. The molecule has 0 unspecified atom stereocenters. The zero-order valence-electron chi connectivity index (χ0n) is 13.1. The summed E-state index contributed by atoms with van der Waals surface area (Å²) in [7, 11) is 1.77. The van der Waals surface area contributed by atoms with Crippen LogP contribution in [0.3, 0.4) is 0 Å². The number of benzene rings is 1. The zero-order valence-corrected chi connectivity index (χ0v) is 13.9. The number of amides is 2. The quantitative estimate of drug-likeness (QED) is 0.850. The molecule has 2 fully saturated rings. The van der Waals surface area contributed by atoms with Gasteiger partial charge in [-0.05, 0) is 25.0 Å². The van der Waals surface area contributed by atoms with Crippen molar-refractivity contribution >= 4 is 33.4 Å². The molecule has 0 spiro atoms. The van der Waals surface area contributed by atoms with Crippen molar-refractivity contribution in [1.82, 2.24) is 14.8 Å². The van der Waals surface area contributed by atoms with Crippen LogP contribution in [0.5, 0.6) is 0 Å². The van der Waals surface area contributed by atoms with Gasteiger partial charge in [-0.15, -0.1) is 11.3 Å². The fraction of sp³-hybridized carbons (Fsp3) is 0.471. The van der Waals surface area contributed by atoms with Crippen LogP contribution < -0.4 is 0 Å². The molecule has 5 nitrogen and oxygen atoms in total. The van der Waals surface area contributed by atoms with E-state index < -0.39 is 0 Å². The van der Waals surface area contributed by atoms with Gasteiger partial charge in [0.1, 0.15) is 5.01 Å². The zero-order chi connectivity index (χ0) is 16.0. The van der Waals surface area contributed by atoms with Gasteiger partial charge in [-0.1, -0.05) is 12.1 Å². The first-order chi connectivity index (χ1) is 11.1. The van der Waals surface area contributed by atoms with Crippen LogP contribution in [0.2, 0.25) is 0 Å². The van der Waals surface area contributed by atoms with E-state index in [0.29, 0.717) is 13.0 Å². The van der Waals surface area contributed by atoms with Crippen LogP contribution in [0.25, 0.3) is 10.2 Å². The summed E-state index contributed by atoms with van der Waals surface area (Å²) in [4.78, 5) is 32.9. The third kappa shape index (κ3) is 2.51. The summed E-state index contributed by atoms with van der Waals surface area (Å²) in [6.45, 7) is 1.31. The molecule has 3 heterocycles. The molecule has 2 aliphatic rings. The second kappa shape index (κ2) is 5.60. The minimum absolute atomic E-state index is 0.0686. The van der Waals surface area contributed by atoms with E-state index in [1.807, 2.05) is 23.1 Å². The first-order valence-corrected chi connectivity index (χ1v) is 8.85. The Hall–Kier alpha value is -1.95. The summed E-state index contributed by atoms with van der Waals surface area (Å²) in [6, 6.07) is 8.16. The first kappa shape index (κ1) is 14.6. The van der Waals surface area contributed by atoms with E-state index in [1.165, 1.54) is 0 Å². The number of thiazole rings is 1. The van der Waals surface area contributed by atoms with Crippen LogP contribution in [0.15, 0.2) is 24.3 Å². The fourth-order valence-corrected chi connectivity index (χ4v) is 4.70. The number of likely N-dealkylation sites (tertiary alicyclic amines) is 2. The molecule has 23 heavy (non-hydrogen) atoms. The largest absolute Gasteiger partial charge is 0.345 e. The molecule has 0 aliphatic carbocycles. The van der Waals surface area contributed by atoms with Crippen molar-refractivity contribution in [3.63, 3.8) is 0 Å². The molecule has 0 radical (unpaired) electrons. The summed E-state index contributed by atoms with van der Waals surface area (Å²) < 4.78 is 1.16. The number of hydrogen-bond acceptors (Lipinski definition) is 4. The number of nitrogens with zero attached hydrogens (tertiary/aromatic N) is 3. The van der Waals surface area contributed by atoms with Crippen LogP contribution in [-0.2, 0) is 9.59 Å². The molecule has 0 saturated carbocycles. The number of carbonyl (C=O) groups is 2. The molecular formula is C17H19N3O2S. The molecule has 2 aromatic rings. The molecule has 4 rings (SSSR count). The molecule has 2 amide bonds. The molecule has 2 atom stereocenters. The SMILES string of the molecule is CN1C[C@H](C(=O)N2CCC[C@H]2c2nc3ccccc3s2)CC1=O. The van der Waals surface area contributed by atoms with Crippen LogP contribution in [-0.4, -0.2) is 46.7 Å². The molecule has 120 valence electrons. The molecule has 0 N–H and O–H groups in total. The maximum atomic E-state index is 12.9. The lowest BCUT2D eigenvalue weighted by atomic mass is 10.1. The van der Waals surface area contributed by atoms with Gasteiger partial charge < -0.3 is 9.80 Å². The highest BCUT2D eigenvalue weighted by Crippen LogP contribution is 2.37. The Morgan fingerprint density at radius 2 is 2.17 bits per heavy atom. The van der Waals surface area contributed by atoms with Gasteiger partial charge in [0.2, 0.25) is 11.8 Å². The average Bonchev–Trinajstić information content (AvgIpc) is 3.24. The van der Waals surface area contributed by atoms with E-state index in [4.69, 9.17) is 4.98 Å². The topological polar surface area (TPSA) is 53.5 Å². The Morgan fingerprint density at radius 1 is 1.35 bits per heavy atom. The van der Waals surface area contributed by atoms with Gasteiger partial charge in [0, 0.05) is 26.6 Å². The summed E-state index contributed by atoms with van der Waals surface area (Å²) in [5, 5.41) is 1.02. The Balaban J connectivity index is 1.59. The predicted molar refractivity (Wildman–Crippen MR) is 89.1 cm³/mol. The number of rotatable bonds is 2. The van der Waals surface area contributed by atoms with Crippen molar-refractivity contribution < 1.29 is 9.59 Å². The minimum Gasteiger partial charge on any atom is -0.345 e. The average molecular weight is 329 g/mol. The van der Waals surface area contributed by atoms with E-state index in [-0.39, 0.29) is 23.8 Å². The van der Waals surface area contributed by atoms with Crippen molar-refractivity contribution in [3.05, 3.63) is 29.3 Å². The summed E-state index contributed by atoms with van der Waals surface area (Å²) >= 11 is 1.68. The number of aromatic nitrogens is 1. The van der Waals surface area contributed by atoms with Gasteiger partial charge in [0.15, 0.2) is 0 Å². The highest BCUT2D eigenvalue weighted by molar-refractivity contribution is 7.18. The molecule has 1 aromatic heterocycles. The van der Waals surface area contributed by atoms with Crippen LogP contribution >= 0.6 is 11.3 Å². The van der Waals surface area contributed by atoms with Crippen LogP contribution in [0, 0.1) is 5.92 Å². The van der Waals surface area contributed by atoms with E-state index in [1.54, 1.807) is 23.3 Å². The van der Waals surface area contributed by atoms with Gasteiger partial charge in [-0.3, -0.25) is 9.59 Å². The van der Waals surface area contributed by atoms with Crippen molar-refractivity contribution in [2.45, 2.75) is 25.3 Å². The number of fused-ring (bicyclic) bond motifs is 1. The monoisotopic (exact) mass is 329 g/mol. The fourth-order valence-electron chi connectivity index (χ4n) is 3.58. The van der Waals surface area contributed by atoms with Gasteiger partial charge in [0.25, 0.3) is 0 Å². The van der Waals surface area contributed by atoms with E-state index in [2.05, 4.69) is 6.07 Å². The molecule has 2 aliphatic heterocycles. The lowest BCUT2D eigenvalue weighted by molar-refractivity contribution is -0.136. The lowest BCUT2D eigenvalue weighted by Gasteiger charge is -2.25. The molecular weight excluding hydrogens is 310 g/mol. The second-order valence-electron chi connectivity index (χ2n) is 6.38. The Labute approximate surface area is 138 Å². The highest BCUT2D eigenvalue weighted by atomic mass is 32.1. The predicted octanol–water partition coefficient (Wildman–Crippen LogP) is 2.44. The number of para-hydroxylation sites is 1. The van der Waals surface area contributed by atoms with Crippen molar-refractivity contribution in [3.8, 4) is 0 Å². The van der Waals surface area contributed by atoms with Gasteiger partial charge in [-0.25, -0.2) is 4.98 Å². The van der Waals surface area contributed by atoms with Crippen molar-refractivity contribution in [1.29, 1.82) is 0 Å². The Morgan fingerprint density at radius 3 is 2.91 bits per heavy atom. The molecule has 2 saturated heterocycles. The summed E-state index contributed by atoms with van der Waals surface area (Å²) in [5.74, 6) is -0.00832. The summed E-state index contributed by atoms with van der Waals surface area (Å²) in [5.41, 5.74) is 1.00. The normalized spacial score (nSPS) is 24.8. The van der Waals surface area contributed by atoms with Gasteiger partial charge in [0.05, 0.1) is 22.2 Å². The Kier molecular flexibility index (Phi) is 3.56. The smallest absolute Gasteiger partial charge is 0.228 e. The van der Waals surface area contributed by atoms with Crippen molar-refractivity contribution in [2.75, 3.05) is 20.1 Å². The molecule has 0 bridgehead atoms. The third-order valence-corrected chi connectivity index (χ3v) is 5.96. The van der Waals surface area contributed by atoms with Crippen LogP contribution in [0.4, 0.5) is 0 Å². The standard InChI is InChI=1S/C17H19N3O2S/c1-19-10-11(9-15(19)21)17(22)20-8-4-6-13(20)16-18-12-5-2-3-7-14(12)23-16/h2-3,5,7,11,13H,4,6,8-10H2,1H3/t11-,13+/m1/s1. The van der Waals surface area contributed by atoms with E-state index >= 15 is 0 Å². The highest BCUT2D eigenvalue weighted by Gasteiger charge is 2.39. The van der Waals surface area contributed by atoms with Crippen molar-refractivity contribution in [2.24, 2.45) is 5.92 Å². The Bertz CT molecular complexity index is 739. The minimum atomic E-state index is -0.192. The van der Waals surface area contributed by atoms with Gasteiger partial charge >= 0.3 is 0 Å². The van der Waals surface area contributed by atoms with Gasteiger partial charge in [-0.2, -0.15) is 0 Å². The maximum absolute atomic E-state index is 12.9. The maximum Gasteiger partial charge on any atom is 0.228 e. The number of carbonyl (C=O) groups excluding carboxylic acids is 2.